The zero-order valence-electron chi connectivity index (χ0n) is 72.5. The van der Waals surface area contributed by atoms with Crippen LogP contribution in [0.4, 0.5) is 23.8 Å². The standard InChI is InChI=1S/C19H30ClN5O3Si.C19H31N5O4Si.C16H26ClN5O3Si.C10H12ClN5O3.C6H15ClSi.C3H5Br.C3H5NO/c1-7-8-26-12-9-14(28-13(12)10-27-29(5,6)19(2,3)4)25-11-22-15-16(20)23-18(21)24-17(15)25;1-7-8-26-12-9-14(28-13(12)10-27-29(5,6)19(2,3)4)24-11-21-15-16(24)22-18(20)23-17(15)25;1-16(2,3)26(4,5)24-7-10-9(23)6-11(25-10)22-8-19-12-13(17)20-15(18)21-14(12)22;11-8-7-9(15-10(12)14-8)16(3-13-7)6-1-4(18)5(2-17)19-6;1-6(2,3)8(4,5)7;1-2-3-4;4-2-1-3-5/h7,11-14H,1,8-10H2,2-6H3,(H2,21,23,24);7,11-14H,1,8-10H2,2-6H3,(H3,20,22,23,25);8-11,23H,6-7H2,1-5H3,(H2,18,20,21);3-6,17-18H,1-2H2,(H2,12,14,15);1-5H3;2H,1,3H2;5H,1,3H2/t2*12?,13-,14-;9?,10-,11-;4?,5-,6-;;;/m1111.../s1. The van der Waals surface area contributed by atoms with Gasteiger partial charge in [-0.3, -0.25) is 28.0 Å². The molecule has 0 bridgehead atoms. The van der Waals surface area contributed by atoms with Crippen LogP contribution in [0.3, 0.4) is 0 Å². The van der Waals surface area contributed by atoms with Crippen molar-refractivity contribution < 1.29 is 62.1 Å². The number of imidazole rings is 4. The van der Waals surface area contributed by atoms with Crippen LogP contribution in [0.25, 0.3) is 44.7 Å². The summed E-state index contributed by atoms with van der Waals surface area (Å²) in [5, 5.41) is 46.9. The number of aliphatic hydroxyl groups is 4. The van der Waals surface area contributed by atoms with Crippen LogP contribution in [0.5, 0.6) is 0 Å². The van der Waals surface area contributed by atoms with Crippen LogP contribution in [-0.2, 0) is 41.7 Å². The van der Waals surface area contributed by atoms with E-state index in [9.17, 15) is 15.0 Å². The van der Waals surface area contributed by atoms with E-state index in [0.717, 1.165) is 5.33 Å². The Morgan fingerprint density at radius 1 is 0.525 bits per heavy atom. The van der Waals surface area contributed by atoms with Crippen LogP contribution in [0, 0.1) is 11.3 Å². The molecule has 0 radical (unpaired) electrons. The monoisotopic (exact) mass is 1890 g/mol. The second kappa shape index (κ2) is 43.7. The molecule has 13 N–H and O–H groups in total. The predicted molar refractivity (Wildman–Crippen MR) is 484 cm³/mol. The maximum atomic E-state index is 12.1. The minimum absolute atomic E-state index is 0.0174. The zero-order valence-corrected chi connectivity index (χ0v) is 81.1. The molecule has 0 saturated carbocycles. The molecule has 12 rings (SSSR count). The lowest BCUT2D eigenvalue weighted by Crippen LogP contribution is -2.44. The van der Waals surface area contributed by atoms with Crippen LogP contribution >= 0.6 is 61.8 Å². The van der Waals surface area contributed by atoms with Gasteiger partial charge >= 0.3 is 0 Å². The molecule has 0 amide bonds. The van der Waals surface area contributed by atoms with E-state index in [-0.39, 0.29) is 122 Å². The number of allylic oxidation sites excluding steroid dienone is 1. The molecule has 4 unspecified atom stereocenters. The number of alkyl halides is 1. The number of nitrogens with two attached hydrogens (primary N) is 4. The highest BCUT2D eigenvalue weighted by Gasteiger charge is 2.46. The maximum Gasteiger partial charge on any atom is 0.280 e. The third kappa shape index (κ3) is 27.2. The quantitative estimate of drug-likeness (QED) is 0.0100. The Labute approximate surface area is 734 Å². The molecular weight excluding hydrogens is 1770 g/mol. The van der Waals surface area contributed by atoms with Crippen molar-refractivity contribution in [2.75, 3.05) is 74.5 Å². The number of halogens is 5. The van der Waals surface area contributed by atoms with E-state index in [0.29, 0.717) is 103 Å². The first-order chi connectivity index (χ1) is 55.7. The van der Waals surface area contributed by atoms with Gasteiger partial charge in [0.15, 0.2) is 75.9 Å². The Morgan fingerprint density at radius 3 is 1.11 bits per heavy atom. The van der Waals surface area contributed by atoms with Crippen molar-refractivity contribution in [1.82, 2.24) is 78.1 Å². The number of ether oxygens (including phenoxy) is 6. The second-order valence-corrected chi connectivity index (χ2v) is 58.4. The van der Waals surface area contributed by atoms with Gasteiger partial charge in [-0.1, -0.05) is 165 Å². The lowest BCUT2D eigenvalue weighted by Gasteiger charge is -2.37. The summed E-state index contributed by atoms with van der Waals surface area (Å²) in [6, 6.07) is 1.77. The molecular formula is C76H124BrCl4N21O14Si4. The maximum absolute atomic E-state index is 12.1. The van der Waals surface area contributed by atoms with Gasteiger partial charge in [0.1, 0.15) is 65.9 Å². The summed E-state index contributed by atoms with van der Waals surface area (Å²) in [6.45, 7) is 56.8. The first kappa shape index (κ1) is 103. The lowest BCUT2D eigenvalue weighted by atomic mass is 10.2. The Kier molecular flexibility index (Phi) is 37.4. The number of aromatic nitrogens is 16. The molecule has 12 heterocycles. The van der Waals surface area contributed by atoms with E-state index in [1.54, 1.807) is 57.0 Å². The van der Waals surface area contributed by atoms with Crippen molar-refractivity contribution in [1.29, 1.82) is 5.26 Å². The minimum Gasteiger partial charge on any atom is -0.414 e. The summed E-state index contributed by atoms with van der Waals surface area (Å²) in [6.07, 6.45) is 9.05. The third-order valence-corrected chi connectivity index (χ3v) is 42.1. The van der Waals surface area contributed by atoms with Gasteiger partial charge < -0.3 is 85.1 Å². The topological polar surface area (TPSA) is 486 Å². The summed E-state index contributed by atoms with van der Waals surface area (Å²) in [4.78, 5) is 59.8. The number of rotatable bonds is 22. The third-order valence-electron chi connectivity index (χ3n) is 22.0. The highest BCUT2D eigenvalue weighted by Crippen LogP contribution is 2.44. The highest BCUT2D eigenvalue weighted by molar-refractivity contribution is 9.09. The molecule has 0 aromatic carbocycles. The molecule has 0 spiro atoms. The van der Waals surface area contributed by atoms with Crippen molar-refractivity contribution in [2.45, 2.75) is 261 Å². The molecule has 44 heteroatoms. The van der Waals surface area contributed by atoms with Crippen molar-refractivity contribution in [3.63, 3.8) is 0 Å². The van der Waals surface area contributed by atoms with E-state index in [1.807, 2.05) is 4.57 Å². The van der Waals surface area contributed by atoms with Gasteiger partial charge in [0.25, 0.3) is 5.56 Å². The van der Waals surface area contributed by atoms with Crippen LogP contribution in [0.2, 0.25) is 88.0 Å². The zero-order chi connectivity index (χ0) is 90.2. The normalized spacial score (nSPS) is 22.2. The molecule has 4 aliphatic rings. The van der Waals surface area contributed by atoms with Gasteiger partial charge in [-0.2, -0.15) is 51.2 Å². The molecule has 0 aliphatic carbocycles. The lowest BCUT2D eigenvalue weighted by molar-refractivity contribution is -0.0536. The largest absolute Gasteiger partial charge is 0.414 e. The van der Waals surface area contributed by atoms with Crippen molar-refractivity contribution in [3.05, 3.63) is 89.1 Å². The van der Waals surface area contributed by atoms with Crippen LogP contribution in [-0.4, -0.2) is 231 Å². The molecule has 4 aliphatic heterocycles. The predicted octanol–water partition coefficient (Wildman–Crippen LogP) is 13.6. The van der Waals surface area contributed by atoms with E-state index in [2.05, 4.69) is 231 Å². The Bertz CT molecular complexity index is 4760. The molecule has 12 atom stereocenters. The fourth-order valence-electron chi connectivity index (χ4n) is 10.9. The Balaban J connectivity index is 0.000000234. The number of hydrogen-bond donors (Lipinski definition) is 9. The number of nitrogens with zero attached hydrogens (tertiary/aromatic N) is 16. The fourth-order valence-corrected chi connectivity index (χ4v) is 14.6. The molecule has 35 nitrogen and oxygen atoms in total. The first-order valence-electron chi connectivity index (χ1n) is 39.2. The summed E-state index contributed by atoms with van der Waals surface area (Å²) in [5.41, 5.74) is 25.8. The molecule has 668 valence electrons. The molecule has 8 aromatic rings. The first-order valence-corrected chi connectivity index (χ1v) is 54.2. The number of nitriles is 1. The molecule has 4 fully saturated rings. The number of hydrogen-bond acceptors (Lipinski definition) is 30. The smallest absolute Gasteiger partial charge is 0.280 e. The van der Waals surface area contributed by atoms with Crippen molar-refractivity contribution in [2.24, 2.45) is 0 Å². The van der Waals surface area contributed by atoms with E-state index < -0.39 is 69.2 Å². The second-order valence-electron chi connectivity index (χ2n) is 35.0. The Hall–Kier alpha value is -6.10. The van der Waals surface area contributed by atoms with E-state index >= 15 is 0 Å². The summed E-state index contributed by atoms with van der Waals surface area (Å²) >= 11 is 27.4. The number of nitrogen functional groups attached to an aromatic ring is 4. The number of aliphatic hydroxyl groups excluding tert-OH is 4. The number of anilines is 4. The van der Waals surface area contributed by atoms with Crippen LogP contribution in [0.15, 0.2) is 68.1 Å². The number of nitrogens with one attached hydrogen (secondary N) is 1. The van der Waals surface area contributed by atoms with Gasteiger partial charge in [-0.25, -0.2) is 19.9 Å². The number of aromatic amines is 1. The molecule has 120 heavy (non-hydrogen) atoms. The van der Waals surface area contributed by atoms with Crippen molar-refractivity contribution in [3.8, 4) is 6.07 Å². The van der Waals surface area contributed by atoms with Gasteiger partial charge in [0.05, 0.1) is 108 Å². The fraction of sp³-hybridized carbons (Fsp3) is 0.645. The summed E-state index contributed by atoms with van der Waals surface area (Å²) in [7, 11) is -7.14. The van der Waals surface area contributed by atoms with Gasteiger partial charge in [0.2, 0.25) is 23.8 Å². The summed E-state index contributed by atoms with van der Waals surface area (Å²) in [5.74, 6) is 0.246. The highest BCUT2D eigenvalue weighted by atomic mass is 79.9. The average Bonchev–Trinajstić information content (AvgIpc) is 1.64. The van der Waals surface area contributed by atoms with Gasteiger partial charge in [-0.15, -0.1) is 19.7 Å². The Morgan fingerprint density at radius 2 is 0.825 bits per heavy atom. The van der Waals surface area contributed by atoms with E-state index in [4.69, 9.17) is 126 Å². The van der Waals surface area contributed by atoms with Gasteiger partial charge in [-0.05, 0) is 59.4 Å². The summed E-state index contributed by atoms with van der Waals surface area (Å²) < 4.78 is 62.0. The van der Waals surface area contributed by atoms with E-state index in [1.165, 1.54) is 6.33 Å². The van der Waals surface area contributed by atoms with Crippen molar-refractivity contribution >= 4 is 163 Å². The van der Waals surface area contributed by atoms with Crippen LogP contribution < -0.4 is 28.5 Å². The number of H-pyrrole nitrogens is 1. The minimum atomic E-state index is -1.93. The molecule has 8 aromatic heterocycles. The van der Waals surface area contributed by atoms with Crippen LogP contribution in [0.1, 0.15) is 140 Å². The average molecular weight is 1890 g/mol. The van der Waals surface area contributed by atoms with Gasteiger partial charge in [0, 0.05) is 31.0 Å². The number of fused-ring (bicyclic) bond motifs is 4. The molecule has 4 saturated heterocycles. The SMILES string of the molecule is C=CCBr.C=CCOC1C[C@H](n2cnc3c(=O)[nH]c(N)nc32)O[C@@H]1CO[Si](C)(C)C(C)(C)C.C=CCOC1C[C@H](n2cnc3c(Cl)nc(N)nc32)O[C@@H]1CO[Si](C)(C)C(C)(C)C.CC(C)(C)[Si](C)(C)Cl.CC(C)(C)[Si](C)(C)OC[C@H]1O[C@@H](n2cnc3c(Cl)nc(N)nc32)CC1O.N#CCCO.Nc1nc(Cl)c2ncn([C@H]3CC(O)[C@@H](CO)O3)c2n1.